The summed E-state index contributed by atoms with van der Waals surface area (Å²) in [5.74, 6) is 0.151. The summed E-state index contributed by atoms with van der Waals surface area (Å²) in [6.45, 7) is 5.10. The van der Waals surface area contributed by atoms with Crippen molar-refractivity contribution in [3.05, 3.63) is 34.9 Å². The number of likely N-dealkylation sites (tertiary alicyclic amines) is 1. The van der Waals surface area contributed by atoms with Crippen LogP contribution in [0.4, 0.5) is 0 Å². The highest BCUT2D eigenvalue weighted by atomic mass is 16.3. The molecule has 1 aliphatic heterocycles. The largest absolute Gasteiger partial charge is 0.396 e. The van der Waals surface area contributed by atoms with E-state index in [1.54, 1.807) is 0 Å². The Morgan fingerprint density at radius 2 is 2.21 bits per heavy atom. The molecule has 1 atom stereocenters. The standard InChI is InChI=1S/C16H23NO2/c1-12-7-8-15(13(2)11-12)16(19)17-9-3-5-14(17)6-4-10-18/h7-8,11,14,18H,3-6,9-10H2,1-2H3. The lowest BCUT2D eigenvalue weighted by Crippen LogP contribution is -2.36. The third kappa shape index (κ3) is 3.16. The number of aliphatic hydroxyl groups excluding tert-OH is 1. The number of carbonyl (C=O) groups excluding carboxylic acids is 1. The third-order valence-corrected chi connectivity index (χ3v) is 3.95. The Bertz CT molecular complexity index is 456. The number of amides is 1. The molecular weight excluding hydrogens is 238 g/mol. The van der Waals surface area contributed by atoms with Gasteiger partial charge in [-0.1, -0.05) is 17.7 Å². The van der Waals surface area contributed by atoms with Crippen LogP contribution in [0.5, 0.6) is 0 Å². The summed E-state index contributed by atoms with van der Waals surface area (Å²) >= 11 is 0. The van der Waals surface area contributed by atoms with Gasteiger partial charge in [0.1, 0.15) is 0 Å². The van der Waals surface area contributed by atoms with Crippen molar-refractivity contribution in [3.8, 4) is 0 Å². The monoisotopic (exact) mass is 261 g/mol. The summed E-state index contributed by atoms with van der Waals surface area (Å²) in [5.41, 5.74) is 3.06. The van der Waals surface area contributed by atoms with E-state index in [4.69, 9.17) is 5.11 Å². The van der Waals surface area contributed by atoms with E-state index in [2.05, 4.69) is 6.07 Å². The number of hydrogen-bond donors (Lipinski definition) is 1. The molecule has 1 aliphatic rings. The van der Waals surface area contributed by atoms with Crippen LogP contribution in [-0.2, 0) is 0 Å². The van der Waals surface area contributed by atoms with E-state index in [9.17, 15) is 4.79 Å². The minimum Gasteiger partial charge on any atom is -0.396 e. The molecule has 19 heavy (non-hydrogen) atoms. The number of benzene rings is 1. The van der Waals surface area contributed by atoms with Crippen molar-refractivity contribution in [1.82, 2.24) is 4.90 Å². The molecule has 0 radical (unpaired) electrons. The van der Waals surface area contributed by atoms with Gasteiger partial charge in [0.2, 0.25) is 0 Å². The Hall–Kier alpha value is -1.35. The van der Waals surface area contributed by atoms with Gasteiger partial charge in [-0.3, -0.25) is 4.79 Å². The molecule has 0 saturated carbocycles. The molecule has 1 N–H and O–H groups in total. The fourth-order valence-electron chi connectivity index (χ4n) is 2.94. The second-order valence-corrected chi connectivity index (χ2v) is 5.48. The quantitative estimate of drug-likeness (QED) is 0.905. The van der Waals surface area contributed by atoms with E-state index >= 15 is 0 Å². The molecule has 2 rings (SSSR count). The maximum Gasteiger partial charge on any atom is 0.254 e. The SMILES string of the molecule is Cc1ccc(C(=O)N2CCCC2CCCO)c(C)c1. The van der Waals surface area contributed by atoms with Crippen LogP contribution in [0.2, 0.25) is 0 Å². The number of nitrogens with zero attached hydrogens (tertiary/aromatic N) is 1. The van der Waals surface area contributed by atoms with E-state index in [0.717, 1.165) is 43.4 Å². The van der Waals surface area contributed by atoms with Crippen LogP contribution in [0.15, 0.2) is 18.2 Å². The molecule has 3 heteroatoms. The molecule has 0 bridgehead atoms. The van der Waals surface area contributed by atoms with E-state index in [1.165, 1.54) is 5.56 Å². The fourth-order valence-corrected chi connectivity index (χ4v) is 2.94. The van der Waals surface area contributed by atoms with Gasteiger partial charge in [-0.05, 0) is 51.2 Å². The van der Waals surface area contributed by atoms with Gasteiger partial charge in [-0.15, -0.1) is 0 Å². The zero-order valence-corrected chi connectivity index (χ0v) is 11.9. The third-order valence-electron chi connectivity index (χ3n) is 3.95. The van der Waals surface area contributed by atoms with E-state index < -0.39 is 0 Å². The minimum absolute atomic E-state index is 0.151. The highest BCUT2D eigenvalue weighted by Gasteiger charge is 2.29. The number of aliphatic hydroxyl groups is 1. The second-order valence-electron chi connectivity index (χ2n) is 5.48. The Labute approximate surface area is 115 Å². The fraction of sp³-hybridized carbons (Fsp3) is 0.562. The number of carbonyl (C=O) groups is 1. The first-order chi connectivity index (χ1) is 9.13. The first-order valence-corrected chi connectivity index (χ1v) is 7.12. The highest BCUT2D eigenvalue weighted by molar-refractivity contribution is 5.96. The average molecular weight is 261 g/mol. The molecule has 3 nitrogen and oxygen atoms in total. The van der Waals surface area contributed by atoms with Crippen LogP contribution in [-0.4, -0.2) is 35.1 Å². The minimum atomic E-state index is 0.151. The molecule has 1 aromatic carbocycles. The van der Waals surface area contributed by atoms with Crippen LogP contribution >= 0.6 is 0 Å². The Balaban J connectivity index is 2.13. The summed E-state index contributed by atoms with van der Waals surface area (Å²) in [6, 6.07) is 6.31. The lowest BCUT2D eigenvalue weighted by molar-refractivity contribution is 0.0723. The summed E-state index contributed by atoms with van der Waals surface area (Å²) < 4.78 is 0. The van der Waals surface area contributed by atoms with E-state index in [-0.39, 0.29) is 12.5 Å². The van der Waals surface area contributed by atoms with Gasteiger partial charge >= 0.3 is 0 Å². The molecule has 1 unspecified atom stereocenters. The van der Waals surface area contributed by atoms with Crippen LogP contribution in [0, 0.1) is 13.8 Å². The maximum absolute atomic E-state index is 12.6. The van der Waals surface area contributed by atoms with Gasteiger partial charge in [0, 0.05) is 24.8 Å². The van der Waals surface area contributed by atoms with Crippen LogP contribution < -0.4 is 0 Å². The van der Waals surface area contributed by atoms with Crippen molar-refractivity contribution in [2.75, 3.05) is 13.2 Å². The number of hydrogen-bond acceptors (Lipinski definition) is 2. The number of aryl methyl sites for hydroxylation is 2. The smallest absolute Gasteiger partial charge is 0.254 e. The van der Waals surface area contributed by atoms with E-state index in [1.807, 2.05) is 30.9 Å². The molecule has 1 saturated heterocycles. The summed E-state index contributed by atoms with van der Waals surface area (Å²) in [4.78, 5) is 14.6. The molecule has 1 fully saturated rings. The van der Waals surface area contributed by atoms with E-state index in [0.29, 0.717) is 6.04 Å². The van der Waals surface area contributed by atoms with Crippen molar-refractivity contribution in [2.45, 2.75) is 45.6 Å². The zero-order valence-electron chi connectivity index (χ0n) is 11.9. The molecule has 1 heterocycles. The van der Waals surface area contributed by atoms with Gasteiger partial charge in [0.25, 0.3) is 5.91 Å². The van der Waals surface area contributed by atoms with Gasteiger partial charge in [0.15, 0.2) is 0 Å². The molecule has 1 aromatic rings. The second kappa shape index (κ2) is 6.20. The predicted molar refractivity (Wildman–Crippen MR) is 76.3 cm³/mol. The molecule has 1 amide bonds. The van der Waals surface area contributed by atoms with Crippen molar-refractivity contribution < 1.29 is 9.90 Å². The van der Waals surface area contributed by atoms with Gasteiger partial charge < -0.3 is 10.0 Å². The zero-order chi connectivity index (χ0) is 13.8. The summed E-state index contributed by atoms with van der Waals surface area (Å²) in [6.07, 6.45) is 3.83. The first kappa shape index (κ1) is 14.1. The van der Waals surface area contributed by atoms with Crippen LogP contribution in [0.1, 0.15) is 47.2 Å². The van der Waals surface area contributed by atoms with Crippen molar-refractivity contribution in [1.29, 1.82) is 0 Å². The molecule has 0 aromatic heterocycles. The number of rotatable bonds is 4. The van der Waals surface area contributed by atoms with Crippen molar-refractivity contribution >= 4 is 5.91 Å². The molecular formula is C16H23NO2. The topological polar surface area (TPSA) is 40.5 Å². The summed E-state index contributed by atoms with van der Waals surface area (Å²) in [5, 5.41) is 8.94. The van der Waals surface area contributed by atoms with Crippen LogP contribution in [0.25, 0.3) is 0 Å². The lowest BCUT2D eigenvalue weighted by atomic mass is 10.0. The maximum atomic E-state index is 12.6. The first-order valence-electron chi connectivity index (χ1n) is 7.12. The molecule has 104 valence electrons. The molecule has 0 spiro atoms. The van der Waals surface area contributed by atoms with Gasteiger partial charge in [-0.2, -0.15) is 0 Å². The Morgan fingerprint density at radius 3 is 2.89 bits per heavy atom. The Morgan fingerprint density at radius 1 is 1.42 bits per heavy atom. The van der Waals surface area contributed by atoms with Crippen molar-refractivity contribution in [2.24, 2.45) is 0 Å². The lowest BCUT2D eigenvalue weighted by Gasteiger charge is -2.25. The van der Waals surface area contributed by atoms with Crippen molar-refractivity contribution in [3.63, 3.8) is 0 Å². The normalized spacial score (nSPS) is 18.9. The Kier molecular flexibility index (Phi) is 4.59. The van der Waals surface area contributed by atoms with Gasteiger partial charge in [0.05, 0.1) is 0 Å². The average Bonchev–Trinajstić information content (AvgIpc) is 2.83. The molecule has 0 aliphatic carbocycles. The van der Waals surface area contributed by atoms with Gasteiger partial charge in [-0.25, -0.2) is 0 Å². The predicted octanol–water partition coefficient (Wildman–Crippen LogP) is 2.68. The van der Waals surface area contributed by atoms with Crippen LogP contribution in [0.3, 0.4) is 0 Å². The highest BCUT2D eigenvalue weighted by Crippen LogP contribution is 2.24. The summed E-state index contributed by atoms with van der Waals surface area (Å²) in [7, 11) is 0.